The van der Waals surface area contributed by atoms with Crippen molar-refractivity contribution in [1.29, 1.82) is 0 Å². The van der Waals surface area contributed by atoms with E-state index >= 15 is 0 Å². The Labute approximate surface area is 190 Å². The van der Waals surface area contributed by atoms with E-state index in [2.05, 4.69) is 18.7 Å². The Bertz CT molecular complexity index is 1080. The number of amides is 2. The second kappa shape index (κ2) is 8.51. The zero-order chi connectivity index (χ0) is 21.4. The number of fused-ring (bicyclic) bond motifs is 1. The number of thioether (sulfide) groups is 1. The van der Waals surface area contributed by atoms with Gasteiger partial charge in [-0.2, -0.15) is 0 Å². The number of nitrogens with zero attached hydrogens (tertiary/aromatic N) is 3. The lowest BCUT2D eigenvalue weighted by Crippen LogP contribution is -2.39. The molecular weight excluding hydrogens is 438 g/mol. The molecule has 2 amide bonds. The fourth-order valence-corrected chi connectivity index (χ4v) is 5.20. The summed E-state index contributed by atoms with van der Waals surface area (Å²) in [5.41, 5.74) is 2.50. The summed E-state index contributed by atoms with van der Waals surface area (Å²) in [4.78, 5) is 32.5. The lowest BCUT2D eigenvalue weighted by Gasteiger charge is -2.25. The van der Waals surface area contributed by atoms with E-state index in [1.54, 1.807) is 29.2 Å². The summed E-state index contributed by atoms with van der Waals surface area (Å²) in [6.45, 7) is 6.24. The van der Waals surface area contributed by atoms with Crippen molar-refractivity contribution in [2.45, 2.75) is 13.8 Å². The van der Waals surface area contributed by atoms with Gasteiger partial charge in [-0.15, -0.1) is 0 Å². The number of halogens is 1. The van der Waals surface area contributed by atoms with Crippen molar-refractivity contribution >= 4 is 68.7 Å². The first kappa shape index (κ1) is 21.1. The molecule has 2 aliphatic rings. The number of hydrogen-bond acceptors (Lipinski definition) is 5. The van der Waals surface area contributed by atoms with Gasteiger partial charge in [0.2, 0.25) is 0 Å². The maximum absolute atomic E-state index is 13.5. The van der Waals surface area contributed by atoms with Gasteiger partial charge in [-0.1, -0.05) is 79.8 Å². The van der Waals surface area contributed by atoms with Crippen LogP contribution in [-0.4, -0.2) is 40.8 Å². The van der Waals surface area contributed by atoms with Gasteiger partial charge in [0.05, 0.1) is 33.5 Å². The Morgan fingerprint density at radius 2 is 1.60 bits per heavy atom. The Balaban J connectivity index is 1.80. The summed E-state index contributed by atoms with van der Waals surface area (Å²) >= 11 is 12.9. The minimum absolute atomic E-state index is 0.178. The molecule has 0 bridgehead atoms. The molecule has 1 fully saturated rings. The van der Waals surface area contributed by atoms with Gasteiger partial charge in [0, 0.05) is 5.56 Å². The van der Waals surface area contributed by atoms with Gasteiger partial charge in [0.1, 0.15) is 0 Å². The van der Waals surface area contributed by atoms with Crippen LogP contribution in [0.15, 0.2) is 53.4 Å². The fraction of sp³-hybridized carbons (Fsp3) is 0.227. The van der Waals surface area contributed by atoms with Gasteiger partial charge >= 0.3 is 0 Å². The molecule has 0 saturated carbocycles. The second-order valence-corrected chi connectivity index (χ2v) is 8.91. The van der Waals surface area contributed by atoms with Crippen molar-refractivity contribution in [1.82, 2.24) is 4.90 Å². The molecule has 2 aromatic carbocycles. The first-order chi connectivity index (χ1) is 14.5. The lowest BCUT2D eigenvalue weighted by atomic mass is 10.1. The summed E-state index contributed by atoms with van der Waals surface area (Å²) in [6, 6.07) is 14.6. The van der Waals surface area contributed by atoms with Gasteiger partial charge < -0.3 is 0 Å². The zero-order valence-corrected chi connectivity index (χ0v) is 19.0. The van der Waals surface area contributed by atoms with Crippen molar-refractivity contribution in [3.8, 4) is 0 Å². The van der Waals surface area contributed by atoms with Crippen LogP contribution < -0.4 is 9.80 Å². The van der Waals surface area contributed by atoms with Crippen LogP contribution in [0.2, 0.25) is 5.02 Å². The van der Waals surface area contributed by atoms with Crippen LogP contribution in [0.25, 0.3) is 5.57 Å². The number of carbonyl (C=O) groups is 2. The molecule has 0 aromatic heterocycles. The van der Waals surface area contributed by atoms with Crippen molar-refractivity contribution in [2.75, 3.05) is 29.6 Å². The van der Waals surface area contributed by atoms with Crippen LogP contribution >= 0.6 is 35.6 Å². The maximum atomic E-state index is 13.5. The molecule has 2 heterocycles. The van der Waals surface area contributed by atoms with E-state index in [1.807, 2.05) is 24.3 Å². The molecule has 0 radical (unpaired) electrons. The molecule has 0 N–H and O–H groups in total. The molecule has 0 unspecified atom stereocenters. The average molecular weight is 458 g/mol. The van der Waals surface area contributed by atoms with Crippen LogP contribution in [0, 0.1) is 0 Å². The standard InChI is InChI=1S/C22H20ClN3O2S2/c1-3-24(4-2)13-25-16-11-7-5-9-14(16)18(20(25)27)19-21(28)26(22(29)30-19)17-12-8-6-10-15(17)23/h5-12H,3-4,13H2,1-2H3. The number of para-hydroxylation sites is 2. The predicted octanol–water partition coefficient (Wildman–Crippen LogP) is 4.76. The summed E-state index contributed by atoms with van der Waals surface area (Å²) in [5.74, 6) is -0.497. The molecule has 2 aromatic rings. The predicted molar refractivity (Wildman–Crippen MR) is 128 cm³/mol. The highest BCUT2D eigenvalue weighted by Gasteiger charge is 2.43. The molecule has 4 rings (SSSR count). The smallest absolute Gasteiger partial charge is 0.271 e. The number of benzene rings is 2. The van der Waals surface area contributed by atoms with Crippen molar-refractivity contribution in [3.63, 3.8) is 0 Å². The quantitative estimate of drug-likeness (QED) is 0.478. The summed E-state index contributed by atoms with van der Waals surface area (Å²) in [5, 5.41) is 0.432. The summed E-state index contributed by atoms with van der Waals surface area (Å²) < 4.78 is 0.364. The van der Waals surface area contributed by atoms with Crippen molar-refractivity contribution in [3.05, 3.63) is 64.0 Å². The topological polar surface area (TPSA) is 43.9 Å². The molecule has 0 atom stereocenters. The van der Waals surface area contributed by atoms with Crippen molar-refractivity contribution in [2.24, 2.45) is 0 Å². The van der Waals surface area contributed by atoms with Gasteiger partial charge in [0.25, 0.3) is 11.8 Å². The van der Waals surface area contributed by atoms with Gasteiger partial charge in [-0.3, -0.25) is 24.3 Å². The van der Waals surface area contributed by atoms with E-state index in [0.717, 1.165) is 36.1 Å². The third kappa shape index (κ3) is 3.46. The van der Waals surface area contributed by atoms with E-state index in [1.165, 1.54) is 4.90 Å². The molecule has 30 heavy (non-hydrogen) atoms. The number of rotatable bonds is 5. The molecule has 0 spiro atoms. The van der Waals surface area contributed by atoms with Gasteiger partial charge in [0.15, 0.2) is 4.32 Å². The molecule has 2 aliphatic heterocycles. The zero-order valence-electron chi connectivity index (χ0n) is 16.6. The van der Waals surface area contributed by atoms with Crippen LogP contribution in [0.5, 0.6) is 0 Å². The first-order valence-electron chi connectivity index (χ1n) is 9.66. The number of hydrogen-bond donors (Lipinski definition) is 0. The van der Waals surface area contributed by atoms with Gasteiger partial charge in [-0.05, 0) is 31.3 Å². The summed E-state index contributed by atoms with van der Waals surface area (Å²) in [6.07, 6.45) is 0. The fourth-order valence-electron chi connectivity index (χ4n) is 3.62. The van der Waals surface area contributed by atoms with E-state index in [4.69, 9.17) is 23.8 Å². The molecule has 1 saturated heterocycles. The van der Waals surface area contributed by atoms with Crippen LogP contribution in [0.1, 0.15) is 19.4 Å². The normalized spacial score (nSPS) is 18.7. The third-order valence-corrected chi connectivity index (χ3v) is 6.94. The lowest BCUT2D eigenvalue weighted by molar-refractivity contribution is -0.115. The van der Waals surface area contributed by atoms with E-state index in [0.29, 0.717) is 32.2 Å². The maximum Gasteiger partial charge on any atom is 0.271 e. The number of anilines is 2. The highest BCUT2D eigenvalue weighted by atomic mass is 35.5. The molecule has 8 heteroatoms. The molecular formula is C22H20ClN3O2S2. The minimum Gasteiger partial charge on any atom is -0.294 e. The van der Waals surface area contributed by atoms with Crippen molar-refractivity contribution < 1.29 is 9.59 Å². The largest absolute Gasteiger partial charge is 0.294 e. The van der Waals surface area contributed by atoms with E-state index in [9.17, 15) is 9.59 Å². The monoisotopic (exact) mass is 457 g/mol. The first-order valence-corrected chi connectivity index (χ1v) is 11.3. The van der Waals surface area contributed by atoms with E-state index < -0.39 is 0 Å². The molecule has 0 aliphatic carbocycles. The Morgan fingerprint density at radius 1 is 0.967 bits per heavy atom. The molecule has 154 valence electrons. The highest BCUT2D eigenvalue weighted by molar-refractivity contribution is 8.27. The highest BCUT2D eigenvalue weighted by Crippen LogP contribution is 2.46. The molecule has 5 nitrogen and oxygen atoms in total. The van der Waals surface area contributed by atoms with Gasteiger partial charge in [-0.25, -0.2) is 0 Å². The second-order valence-electron chi connectivity index (χ2n) is 6.86. The van der Waals surface area contributed by atoms with E-state index in [-0.39, 0.29) is 11.8 Å². The third-order valence-electron chi connectivity index (χ3n) is 5.25. The summed E-state index contributed by atoms with van der Waals surface area (Å²) in [7, 11) is 0. The number of carbonyl (C=O) groups excluding carboxylic acids is 2. The Morgan fingerprint density at radius 3 is 2.27 bits per heavy atom. The van der Waals surface area contributed by atoms with Crippen LogP contribution in [0.3, 0.4) is 0 Å². The average Bonchev–Trinajstić information content (AvgIpc) is 3.19. The SMILES string of the molecule is CCN(CC)CN1C(=O)C(=C2SC(=S)N(c3ccccc3Cl)C2=O)c2ccccc21. The van der Waals surface area contributed by atoms with Crippen LogP contribution in [0.4, 0.5) is 11.4 Å². The Kier molecular flexibility index (Phi) is 5.97. The van der Waals surface area contributed by atoms with Crippen LogP contribution in [-0.2, 0) is 9.59 Å². The Hall–Kier alpha value is -2.19. The number of thiocarbonyl (C=S) groups is 1. The minimum atomic E-state index is -0.319.